The van der Waals surface area contributed by atoms with Crippen molar-refractivity contribution >= 4 is 27.5 Å². The molecule has 0 aliphatic heterocycles. The molecule has 1 heterocycles. The molecule has 2 aromatic carbocycles. The molecule has 0 aliphatic carbocycles. The Morgan fingerprint density at radius 2 is 2.04 bits per heavy atom. The number of thiazole rings is 1. The minimum Gasteiger partial charge on any atom is -0.494 e. The maximum absolute atomic E-state index is 12.6. The van der Waals surface area contributed by atoms with E-state index in [1.807, 2.05) is 56.3 Å². The number of aromatic nitrogens is 1. The van der Waals surface area contributed by atoms with Crippen molar-refractivity contribution in [2.45, 2.75) is 33.7 Å². The fourth-order valence-electron chi connectivity index (χ4n) is 2.76. The van der Waals surface area contributed by atoms with Crippen molar-refractivity contribution in [1.82, 2.24) is 4.57 Å². The third-order valence-electron chi connectivity index (χ3n) is 3.87. The van der Waals surface area contributed by atoms with Gasteiger partial charge in [0.1, 0.15) is 5.75 Å². The quantitative estimate of drug-likeness (QED) is 0.674. The van der Waals surface area contributed by atoms with Crippen LogP contribution in [-0.2, 0) is 6.54 Å². The van der Waals surface area contributed by atoms with Gasteiger partial charge in [0.2, 0.25) is 0 Å². The van der Waals surface area contributed by atoms with Crippen LogP contribution in [0.3, 0.4) is 0 Å². The third kappa shape index (κ3) is 3.82. The molecule has 0 saturated carbocycles. The Balaban J connectivity index is 2.10. The zero-order valence-corrected chi connectivity index (χ0v) is 15.6. The molecule has 0 atom stereocenters. The van der Waals surface area contributed by atoms with E-state index in [4.69, 9.17) is 4.74 Å². The number of fused-ring (bicyclic) bond motifs is 1. The van der Waals surface area contributed by atoms with Crippen LogP contribution in [0, 0.1) is 6.92 Å². The summed E-state index contributed by atoms with van der Waals surface area (Å²) in [5.74, 6) is 0.640. The van der Waals surface area contributed by atoms with Gasteiger partial charge in [0.25, 0.3) is 5.91 Å². The van der Waals surface area contributed by atoms with E-state index >= 15 is 0 Å². The third-order valence-corrected chi connectivity index (χ3v) is 4.92. The average molecular weight is 354 g/mol. The Hall–Kier alpha value is -2.40. The van der Waals surface area contributed by atoms with E-state index in [0.29, 0.717) is 12.2 Å². The van der Waals surface area contributed by atoms with E-state index in [9.17, 15) is 4.79 Å². The molecule has 0 fully saturated rings. The van der Waals surface area contributed by atoms with Crippen LogP contribution in [0.25, 0.3) is 10.2 Å². The first kappa shape index (κ1) is 17.4. The Kier molecular flexibility index (Phi) is 5.34. The predicted molar refractivity (Wildman–Crippen MR) is 102 cm³/mol. The summed E-state index contributed by atoms with van der Waals surface area (Å²) in [6, 6.07) is 13.6. The summed E-state index contributed by atoms with van der Waals surface area (Å²) in [5, 5.41) is 0. The average Bonchev–Trinajstić information content (AvgIpc) is 2.92. The van der Waals surface area contributed by atoms with Crippen molar-refractivity contribution in [3.05, 3.63) is 58.4 Å². The first-order valence-corrected chi connectivity index (χ1v) is 9.36. The van der Waals surface area contributed by atoms with E-state index in [-0.39, 0.29) is 5.91 Å². The molecule has 3 rings (SSSR count). The SMILES string of the molecule is CCCn1c(=NC(=O)c2cccc(C)c2)sc2cc(OCC)ccc21. The first-order chi connectivity index (χ1) is 12.1. The smallest absolute Gasteiger partial charge is 0.279 e. The number of aryl methyl sites for hydroxylation is 2. The van der Waals surface area contributed by atoms with Crippen LogP contribution in [0.4, 0.5) is 0 Å². The highest BCUT2D eigenvalue weighted by Gasteiger charge is 2.10. The molecule has 130 valence electrons. The van der Waals surface area contributed by atoms with Crippen LogP contribution in [-0.4, -0.2) is 17.1 Å². The van der Waals surface area contributed by atoms with Crippen LogP contribution < -0.4 is 9.54 Å². The number of amides is 1. The summed E-state index contributed by atoms with van der Waals surface area (Å²) in [6.45, 7) is 7.53. The number of nitrogens with zero attached hydrogens (tertiary/aromatic N) is 2. The standard InChI is InChI=1S/C20H22N2O2S/c1-4-11-22-17-10-9-16(24-5-2)13-18(17)25-20(22)21-19(23)15-8-6-7-14(3)12-15/h6-10,12-13H,4-5,11H2,1-3H3. The maximum Gasteiger partial charge on any atom is 0.279 e. The van der Waals surface area contributed by atoms with Gasteiger partial charge in [-0.15, -0.1) is 0 Å². The van der Waals surface area contributed by atoms with E-state index in [1.54, 1.807) is 0 Å². The van der Waals surface area contributed by atoms with Gasteiger partial charge < -0.3 is 9.30 Å². The fourth-order valence-corrected chi connectivity index (χ4v) is 3.85. The van der Waals surface area contributed by atoms with Gasteiger partial charge in [-0.1, -0.05) is 36.0 Å². The van der Waals surface area contributed by atoms with E-state index in [0.717, 1.165) is 39.3 Å². The zero-order chi connectivity index (χ0) is 17.8. The lowest BCUT2D eigenvalue weighted by Crippen LogP contribution is -2.16. The summed E-state index contributed by atoms with van der Waals surface area (Å²) < 4.78 is 8.78. The number of hydrogen-bond donors (Lipinski definition) is 0. The topological polar surface area (TPSA) is 43.6 Å². The van der Waals surface area contributed by atoms with Crippen molar-refractivity contribution in [1.29, 1.82) is 0 Å². The van der Waals surface area contributed by atoms with Crippen molar-refractivity contribution in [3.63, 3.8) is 0 Å². The van der Waals surface area contributed by atoms with Gasteiger partial charge >= 0.3 is 0 Å². The number of carbonyl (C=O) groups is 1. The molecule has 0 bridgehead atoms. The van der Waals surface area contributed by atoms with Gasteiger partial charge in [0.15, 0.2) is 4.80 Å². The van der Waals surface area contributed by atoms with Gasteiger partial charge in [0, 0.05) is 12.1 Å². The Bertz CT molecular complexity index is 969. The molecule has 0 unspecified atom stereocenters. The lowest BCUT2D eigenvalue weighted by molar-refractivity contribution is 0.0997. The van der Waals surface area contributed by atoms with Crippen LogP contribution in [0.2, 0.25) is 0 Å². The lowest BCUT2D eigenvalue weighted by Gasteiger charge is -2.05. The highest BCUT2D eigenvalue weighted by molar-refractivity contribution is 7.16. The van der Waals surface area contributed by atoms with Crippen molar-refractivity contribution in [3.8, 4) is 5.75 Å². The first-order valence-electron chi connectivity index (χ1n) is 8.54. The Morgan fingerprint density at radius 1 is 1.20 bits per heavy atom. The largest absolute Gasteiger partial charge is 0.494 e. The molecule has 0 radical (unpaired) electrons. The second kappa shape index (κ2) is 7.66. The number of hydrogen-bond acceptors (Lipinski definition) is 3. The molecule has 5 heteroatoms. The summed E-state index contributed by atoms with van der Waals surface area (Å²) in [5.41, 5.74) is 2.77. The molecule has 25 heavy (non-hydrogen) atoms. The minimum atomic E-state index is -0.204. The lowest BCUT2D eigenvalue weighted by atomic mass is 10.1. The molecule has 0 spiro atoms. The minimum absolute atomic E-state index is 0.204. The van der Waals surface area contributed by atoms with Crippen LogP contribution in [0.15, 0.2) is 47.5 Å². The highest BCUT2D eigenvalue weighted by Crippen LogP contribution is 2.23. The molecule has 4 nitrogen and oxygen atoms in total. The Labute approximate surface area is 151 Å². The van der Waals surface area contributed by atoms with Gasteiger partial charge in [-0.2, -0.15) is 4.99 Å². The molecule has 1 amide bonds. The van der Waals surface area contributed by atoms with Crippen LogP contribution in [0.5, 0.6) is 5.75 Å². The normalized spacial score (nSPS) is 11.9. The second-order valence-corrected chi connectivity index (χ2v) is 6.89. The number of benzene rings is 2. The van der Waals surface area contributed by atoms with Crippen LogP contribution >= 0.6 is 11.3 Å². The van der Waals surface area contributed by atoms with Crippen molar-refractivity contribution in [2.75, 3.05) is 6.61 Å². The molecule has 0 N–H and O–H groups in total. The molecular weight excluding hydrogens is 332 g/mol. The highest BCUT2D eigenvalue weighted by atomic mass is 32.1. The predicted octanol–water partition coefficient (Wildman–Crippen LogP) is 4.56. The second-order valence-electron chi connectivity index (χ2n) is 5.89. The number of carbonyl (C=O) groups excluding carboxylic acids is 1. The van der Waals surface area contributed by atoms with Crippen LogP contribution in [0.1, 0.15) is 36.2 Å². The number of ether oxygens (including phenoxy) is 1. The molecule has 1 aromatic heterocycles. The van der Waals surface area contributed by atoms with E-state index in [1.165, 1.54) is 11.3 Å². The number of rotatable bonds is 5. The van der Waals surface area contributed by atoms with E-state index in [2.05, 4.69) is 16.5 Å². The van der Waals surface area contributed by atoms with Crippen molar-refractivity contribution in [2.24, 2.45) is 4.99 Å². The van der Waals surface area contributed by atoms with E-state index < -0.39 is 0 Å². The fraction of sp³-hybridized carbons (Fsp3) is 0.300. The monoisotopic (exact) mass is 354 g/mol. The van der Waals surface area contributed by atoms with Gasteiger partial charge in [-0.3, -0.25) is 4.79 Å². The molecular formula is C20H22N2O2S. The van der Waals surface area contributed by atoms with Gasteiger partial charge in [-0.05, 0) is 50.6 Å². The summed E-state index contributed by atoms with van der Waals surface area (Å²) in [6.07, 6.45) is 0.977. The summed E-state index contributed by atoms with van der Waals surface area (Å²) >= 11 is 1.53. The molecule has 3 aromatic rings. The molecule has 0 aliphatic rings. The summed E-state index contributed by atoms with van der Waals surface area (Å²) in [4.78, 5) is 17.7. The summed E-state index contributed by atoms with van der Waals surface area (Å²) in [7, 11) is 0. The molecule has 0 saturated heterocycles. The van der Waals surface area contributed by atoms with Gasteiger partial charge in [0.05, 0.1) is 16.8 Å². The van der Waals surface area contributed by atoms with Gasteiger partial charge in [-0.25, -0.2) is 0 Å². The Morgan fingerprint density at radius 3 is 2.76 bits per heavy atom. The maximum atomic E-state index is 12.6. The zero-order valence-electron chi connectivity index (χ0n) is 14.8. The van der Waals surface area contributed by atoms with Crippen molar-refractivity contribution < 1.29 is 9.53 Å².